The summed E-state index contributed by atoms with van der Waals surface area (Å²) in [5, 5.41) is 10.5. The van der Waals surface area contributed by atoms with Crippen LogP contribution >= 0.6 is 35.1 Å². The molecule has 0 aliphatic rings. The van der Waals surface area contributed by atoms with Gasteiger partial charge in [0.1, 0.15) is 0 Å². The number of amides is 1. The Bertz CT molecular complexity index is 499. The van der Waals surface area contributed by atoms with Crippen molar-refractivity contribution in [3.63, 3.8) is 0 Å². The minimum Gasteiger partial charge on any atom is -0.320 e. The lowest BCUT2D eigenvalue weighted by atomic mass is 10.3. The smallest absolute Gasteiger partial charge is 0.226 e. The zero-order valence-electron chi connectivity index (χ0n) is 10.5. The van der Waals surface area contributed by atoms with E-state index in [1.165, 1.54) is 11.3 Å². The predicted octanol–water partition coefficient (Wildman–Crippen LogP) is 3.23. The molecule has 0 aliphatic heterocycles. The highest BCUT2D eigenvalue weighted by Crippen LogP contribution is 2.28. The predicted molar refractivity (Wildman–Crippen MR) is 84.5 cm³/mol. The van der Waals surface area contributed by atoms with Crippen LogP contribution in [0.5, 0.6) is 0 Å². The van der Waals surface area contributed by atoms with Gasteiger partial charge in [-0.15, -0.1) is 35.1 Å². The van der Waals surface area contributed by atoms with Crippen molar-refractivity contribution >= 4 is 46.1 Å². The van der Waals surface area contributed by atoms with Crippen LogP contribution in [0.3, 0.4) is 0 Å². The fourth-order valence-electron chi connectivity index (χ4n) is 1.48. The van der Waals surface area contributed by atoms with Gasteiger partial charge < -0.3 is 10.6 Å². The molecule has 0 spiro atoms. The number of anilines is 1. The molecule has 0 saturated carbocycles. The van der Waals surface area contributed by atoms with Gasteiger partial charge in [0.2, 0.25) is 5.91 Å². The van der Waals surface area contributed by atoms with Gasteiger partial charge >= 0.3 is 0 Å². The van der Waals surface area contributed by atoms with E-state index < -0.39 is 0 Å². The number of carbonyl (C=O) groups is 1. The second kappa shape index (κ2) is 8.27. The van der Waals surface area contributed by atoms with Gasteiger partial charge in [0.25, 0.3) is 0 Å². The highest BCUT2D eigenvalue weighted by Gasteiger charge is 2.08. The molecular weight excluding hydrogens is 302 g/mol. The molecule has 0 aliphatic carbocycles. The van der Waals surface area contributed by atoms with E-state index in [1.807, 2.05) is 29.9 Å². The third kappa shape index (κ3) is 4.91. The van der Waals surface area contributed by atoms with E-state index >= 15 is 0 Å². The molecule has 2 rings (SSSR count). The van der Waals surface area contributed by atoms with Crippen LogP contribution in [-0.2, 0) is 4.79 Å². The molecule has 0 bridgehead atoms. The first-order valence-electron chi connectivity index (χ1n) is 5.73. The summed E-state index contributed by atoms with van der Waals surface area (Å²) in [6.07, 6.45) is 1.36. The van der Waals surface area contributed by atoms with E-state index in [4.69, 9.17) is 0 Å². The van der Waals surface area contributed by atoms with Crippen LogP contribution in [0.1, 0.15) is 12.8 Å². The van der Waals surface area contributed by atoms with E-state index in [2.05, 4.69) is 15.6 Å². The van der Waals surface area contributed by atoms with E-state index in [9.17, 15) is 4.79 Å². The number of nitrogens with one attached hydrogen (secondary N) is 2. The van der Waals surface area contributed by atoms with Crippen LogP contribution in [0.4, 0.5) is 5.13 Å². The molecule has 104 valence electrons. The summed E-state index contributed by atoms with van der Waals surface area (Å²) in [5.74, 6) is 0.0253. The standard InChI is InChI=1S/C12H15N3OS2.ClH/c1-13-6-2-5-11(16)15-12-14-9(8-18-12)10-4-3-7-17-10;/h3-4,7-8,13H,2,5-6H2,1H3,(H,14,15,16);1H. The molecule has 0 saturated heterocycles. The van der Waals surface area contributed by atoms with Crippen molar-refractivity contribution in [3.05, 3.63) is 22.9 Å². The van der Waals surface area contributed by atoms with Crippen LogP contribution < -0.4 is 10.6 Å². The van der Waals surface area contributed by atoms with Crippen LogP contribution in [0.15, 0.2) is 22.9 Å². The van der Waals surface area contributed by atoms with E-state index in [-0.39, 0.29) is 18.3 Å². The van der Waals surface area contributed by atoms with Gasteiger partial charge in [-0.3, -0.25) is 4.79 Å². The molecule has 2 N–H and O–H groups in total. The molecule has 2 aromatic rings. The van der Waals surface area contributed by atoms with Crippen molar-refractivity contribution in [3.8, 4) is 10.6 Å². The van der Waals surface area contributed by atoms with Gasteiger partial charge in [-0.05, 0) is 31.5 Å². The number of aromatic nitrogens is 1. The Labute approximate surface area is 126 Å². The first-order chi connectivity index (χ1) is 8.79. The average Bonchev–Trinajstić information content (AvgIpc) is 2.98. The highest BCUT2D eigenvalue weighted by molar-refractivity contribution is 7.16. The molecular formula is C12H16ClN3OS2. The Balaban J connectivity index is 0.00000180. The normalized spacial score (nSPS) is 9.95. The molecule has 0 aromatic carbocycles. The summed E-state index contributed by atoms with van der Waals surface area (Å²) in [4.78, 5) is 17.1. The monoisotopic (exact) mass is 317 g/mol. The largest absolute Gasteiger partial charge is 0.320 e. The first kappa shape index (κ1) is 16.1. The topological polar surface area (TPSA) is 54.0 Å². The maximum absolute atomic E-state index is 11.6. The number of halogens is 1. The van der Waals surface area contributed by atoms with Crippen LogP contribution in [0.25, 0.3) is 10.6 Å². The van der Waals surface area contributed by atoms with Gasteiger partial charge in [-0.1, -0.05) is 6.07 Å². The second-order valence-electron chi connectivity index (χ2n) is 3.77. The van der Waals surface area contributed by atoms with Gasteiger partial charge in [0.05, 0.1) is 10.6 Å². The zero-order chi connectivity index (χ0) is 12.8. The fourth-order valence-corrected chi connectivity index (χ4v) is 2.96. The average molecular weight is 318 g/mol. The summed E-state index contributed by atoms with van der Waals surface area (Å²) < 4.78 is 0. The molecule has 0 unspecified atom stereocenters. The molecule has 19 heavy (non-hydrogen) atoms. The summed E-state index contributed by atoms with van der Waals surface area (Å²) >= 11 is 3.11. The number of hydrogen-bond acceptors (Lipinski definition) is 5. The highest BCUT2D eigenvalue weighted by atomic mass is 35.5. The van der Waals surface area contributed by atoms with E-state index in [0.29, 0.717) is 11.6 Å². The van der Waals surface area contributed by atoms with Crippen molar-refractivity contribution in [2.24, 2.45) is 0 Å². The third-order valence-corrected chi connectivity index (χ3v) is 4.00. The van der Waals surface area contributed by atoms with Crippen molar-refractivity contribution in [2.75, 3.05) is 18.9 Å². The van der Waals surface area contributed by atoms with Crippen LogP contribution in [0.2, 0.25) is 0 Å². The molecule has 7 heteroatoms. The summed E-state index contributed by atoms with van der Waals surface area (Å²) in [7, 11) is 1.88. The van der Waals surface area contributed by atoms with Crippen LogP contribution in [-0.4, -0.2) is 24.5 Å². The number of thiophene rings is 1. The summed E-state index contributed by atoms with van der Waals surface area (Å²) in [6.45, 7) is 0.853. The first-order valence-corrected chi connectivity index (χ1v) is 7.49. The number of thiazole rings is 1. The Kier molecular flexibility index (Phi) is 7.01. The number of rotatable bonds is 6. The zero-order valence-corrected chi connectivity index (χ0v) is 13.0. The fraction of sp³-hybridized carbons (Fsp3) is 0.333. The van der Waals surface area contributed by atoms with Crippen molar-refractivity contribution in [2.45, 2.75) is 12.8 Å². The van der Waals surface area contributed by atoms with E-state index in [1.54, 1.807) is 11.3 Å². The van der Waals surface area contributed by atoms with Gasteiger partial charge in [0.15, 0.2) is 5.13 Å². The third-order valence-electron chi connectivity index (χ3n) is 2.35. The molecule has 0 radical (unpaired) electrons. The summed E-state index contributed by atoms with van der Waals surface area (Å²) in [5.41, 5.74) is 0.931. The number of carbonyl (C=O) groups excluding carboxylic acids is 1. The van der Waals surface area contributed by atoms with Crippen molar-refractivity contribution in [1.82, 2.24) is 10.3 Å². The molecule has 1 amide bonds. The van der Waals surface area contributed by atoms with E-state index in [0.717, 1.165) is 23.5 Å². The Morgan fingerprint density at radius 1 is 1.42 bits per heavy atom. The lowest BCUT2D eigenvalue weighted by Crippen LogP contribution is -2.15. The minimum atomic E-state index is 0. The van der Waals surface area contributed by atoms with Gasteiger partial charge in [-0.2, -0.15) is 0 Å². The Morgan fingerprint density at radius 3 is 2.95 bits per heavy atom. The maximum Gasteiger partial charge on any atom is 0.226 e. The van der Waals surface area contributed by atoms with Gasteiger partial charge in [0, 0.05) is 11.8 Å². The molecule has 2 heterocycles. The summed E-state index contributed by atoms with van der Waals surface area (Å²) in [6, 6.07) is 4.02. The quantitative estimate of drug-likeness (QED) is 0.804. The molecule has 0 atom stereocenters. The lowest BCUT2D eigenvalue weighted by molar-refractivity contribution is -0.116. The number of hydrogen-bond donors (Lipinski definition) is 2. The molecule has 0 fully saturated rings. The van der Waals surface area contributed by atoms with Crippen molar-refractivity contribution in [1.29, 1.82) is 0 Å². The molecule has 2 aromatic heterocycles. The number of nitrogens with zero attached hydrogens (tertiary/aromatic N) is 1. The van der Waals surface area contributed by atoms with Crippen molar-refractivity contribution < 1.29 is 4.79 Å². The Hall–Kier alpha value is -0.950. The Morgan fingerprint density at radius 2 is 2.26 bits per heavy atom. The molecule has 4 nitrogen and oxygen atoms in total. The van der Waals surface area contributed by atoms with Gasteiger partial charge in [-0.25, -0.2) is 4.98 Å². The second-order valence-corrected chi connectivity index (χ2v) is 5.58. The SMILES string of the molecule is CNCCCC(=O)Nc1nc(-c2cccs2)cs1.Cl. The minimum absolute atomic E-state index is 0. The van der Waals surface area contributed by atoms with Crippen LogP contribution in [0, 0.1) is 0 Å². The maximum atomic E-state index is 11.6. The lowest BCUT2D eigenvalue weighted by Gasteiger charge is -2.00.